The first-order chi connectivity index (χ1) is 18.1. The Hall–Kier alpha value is -4.20. The minimum absolute atomic E-state index is 0.0798. The number of rotatable bonds is 7. The van der Waals surface area contributed by atoms with Gasteiger partial charge in [-0.25, -0.2) is 13.8 Å². The second-order valence-electron chi connectivity index (χ2n) is 9.80. The lowest BCUT2D eigenvalue weighted by Gasteiger charge is -2.17. The minimum Gasteiger partial charge on any atom is -0.496 e. The van der Waals surface area contributed by atoms with Gasteiger partial charge in [0.2, 0.25) is 0 Å². The Kier molecular flexibility index (Phi) is 6.42. The average Bonchev–Trinajstić information content (AvgIpc) is 3.70. The highest BCUT2D eigenvalue weighted by Crippen LogP contribution is 2.50. The Morgan fingerprint density at radius 2 is 1.74 bits per heavy atom. The number of ether oxygens (including phenoxy) is 1. The summed E-state index contributed by atoms with van der Waals surface area (Å²) in [6.45, 7) is 5.64. The maximum absolute atomic E-state index is 14.6. The lowest BCUT2D eigenvalue weighted by molar-refractivity contribution is -0.0285. The van der Waals surface area contributed by atoms with Crippen molar-refractivity contribution in [3.63, 3.8) is 0 Å². The van der Waals surface area contributed by atoms with E-state index in [2.05, 4.69) is 10.3 Å². The van der Waals surface area contributed by atoms with Gasteiger partial charge in [0.1, 0.15) is 5.75 Å². The maximum atomic E-state index is 14.6. The van der Waals surface area contributed by atoms with Crippen LogP contribution in [0.3, 0.4) is 0 Å². The number of hydrogen-bond acceptors (Lipinski definition) is 4. The third-order valence-corrected chi connectivity index (χ3v) is 7.05. The summed E-state index contributed by atoms with van der Waals surface area (Å²) < 4.78 is 35.5. The van der Waals surface area contributed by atoms with Crippen molar-refractivity contribution in [1.29, 1.82) is 0 Å². The number of aryl methyl sites for hydroxylation is 3. The van der Waals surface area contributed by atoms with Crippen molar-refractivity contribution in [1.82, 2.24) is 9.71 Å². The van der Waals surface area contributed by atoms with Crippen molar-refractivity contribution in [3.05, 3.63) is 88.7 Å². The molecule has 0 bridgehead atoms. The van der Waals surface area contributed by atoms with Crippen LogP contribution in [0.1, 0.15) is 45.7 Å². The zero-order valence-corrected chi connectivity index (χ0v) is 21.7. The number of carbonyl (C=O) groups is 1. The minimum atomic E-state index is -2.94. The van der Waals surface area contributed by atoms with Gasteiger partial charge < -0.3 is 15.3 Å². The van der Waals surface area contributed by atoms with Gasteiger partial charge >= 0.3 is 0 Å². The van der Waals surface area contributed by atoms with E-state index in [1.54, 1.807) is 32.2 Å². The van der Waals surface area contributed by atoms with E-state index in [-0.39, 0.29) is 22.8 Å². The Morgan fingerprint density at radius 3 is 2.39 bits per heavy atom. The predicted molar refractivity (Wildman–Crippen MR) is 142 cm³/mol. The van der Waals surface area contributed by atoms with Gasteiger partial charge in [0.15, 0.2) is 11.5 Å². The van der Waals surface area contributed by atoms with Crippen molar-refractivity contribution in [2.45, 2.75) is 39.5 Å². The van der Waals surface area contributed by atoms with Gasteiger partial charge in [-0.15, -0.1) is 0 Å². The van der Waals surface area contributed by atoms with Crippen LogP contribution in [-0.2, 0) is 5.92 Å². The van der Waals surface area contributed by atoms with E-state index in [9.17, 15) is 18.8 Å². The Balaban J connectivity index is 1.48. The Morgan fingerprint density at radius 1 is 1.05 bits per heavy atom. The second-order valence-corrected chi connectivity index (χ2v) is 9.80. The van der Waals surface area contributed by atoms with Crippen LogP contribution in [0.15, 0.2) is 60.7 Å². The topological polar surface area (TPSA) is 76.4 Å². The normalized spacial score (nSPS) is 13.4. The molecule has 3 aromatic carbocycles. The highest BCUT2D eigenvalue weighted by molar-refractivity contribution is 6.04. The number of amides is 1. The summed E-state index contributed by atoms with van der Waals surface area (Å²) in [4.78, 5) is 17.6. The van der Waals surface area contributed by atoms with Crippen molar-refractivity contribution in [2.24, 2.45) is 5.92 Å². The fourth-order valence-electron chi connectivity index (χ4n) is 4.92. The first kappa shape index (κ1) is 25.4. The largest absolute Gasteiger partial charge is 0.496 e. The molecule has 0 spiro atoms. The number of carbonyl (C=O) groups excluding carboxylic acids is 1. The number of alkyl halides is 2. The molecular weight excluding hydrogens is 488 g/mol. The van der Waals surface area contributed by atoms with Crippen LogP contribution in [0.25, 0.3) is 22.5 Å². The molecule has 1 aliphatic carbocycles. The lowest BCUT2D eigenvalue weighted by Crippen LogP contribution is -2.19. The Labute approximate surface area is 219 Å². The van der Waals surface area contributed by atoms with Gasteiger partial charge in [-0.2, -0.15) is 4.73 Å². The second kappa shape index (κ2) is 9.59. The fourth-order valence-corrected chi connectivity index (χ4v) is 4.92. The molecule has 0 aliphatic heterocycles. The molecule has 38 heavy (non-hydrogen) atoms. The van der Waals surface area contributed by atoms with Crippen LogP contribution in [0.5, 0.6) is 5.75 Å². The molecule has 1 fully saturated rings. The van der Waals surface area contributed by atoms with Gasteiger partial charge in [-0.05, 0) is 80.6 Å². The van der Waals surface area contributed by atoms with Gasteiger partial charge in [0.25, 0.3) is 11.8 Å². The van der Waals surface area contributed by atoms with Crippen molar-refractivity contribution < 1.29 is 23.5 Å². The number of nitrogens with zero attached hydrogens (tertiary/aromatic N) is 2. The summed E-state index contributed by atoms with van der Waals surface area (Å²) in [5, 5.41) is 13.6. The van der Waals surface area contributed by atoms with E-state index in [0.29, 0.717) is 29.8 Å². The number of hydrogen-bond donors (Lipinski definition) is 2. The summed E-state index contributed by atoms with van der Waals surface area (Å²) in [6.07, 6.45) is 0.984. The number of anilines is 1. The number of methoxy groups -OCH3 is 1. The summed E-state index contributed by atoms with van der Waals surface area (Å²) in [7, 11) is 1.60. The van der Waals surface area contributed by atoms with E-state index >= 15 is 0 Å². The summed E-state index contributed by atoms with van der Waals surface area (Å²) in [5.74, 6) is -3.41. The first-order valence-electron chi connectivity index (χ1n) is 12.4. The molecule has 1 heterocycles. The van der Waals surface area contributed by atoms with Crippen LogP contribution in [0.4, 0.5) is 14.5 Å². The van der Waals surface area contributed by atoms with Crippen molar-refractivity contribution >= 4 is 11.6 Å². The first-order valence-corrected chi connectivity index (χ1v) is 12.4. The van der Waals surface area contributed by atoms with Crippen LogP contribution in [0.2, 0.25) is 0 Å². The maximum Gasteiger partial charge on any atom is 0.277 e. The third kappa shape index (κ3) is 4.51. The number of nitrogens with one attached hydrogen (secondary N) is 1. The van der Waals surface area contributed by atoms with Crippen LogP contribution in [-0.4, -0.2) is 27.9 Å². The summed E-state index contributed by atoms with van der Waals surface area (Å²) in [5.41, 5.74) is 4.87. The smallest absolute Gasteiger partial charge is 0.277 e. The molecule has 0 atom stereocenters. The molecule has 1 aliphatic rings. The highest BCUT2D eigenvalue weighted by atomic mass is 19.3. The average molecular weight is 518 g/mol. The Bertz CT molecular complexity index is 1520. The SMILES string of the molecule is COc1ccc(-c2nc(C)c(C(=O)Nc3cccc(C(F)(F)C4CC4)c3)n2O)cc1-c1c(C)cccc1C. The third-order valence-electron chi connectivity index (χ3n) is 7.05. The molecule has 0 unspecified atom stereocenters. The molecule has 0 radical (unpaired) electrons. The van der Waals surface area contributed by atoms with Crippen LogP contribution in [0, 0.1) is 26.7 Å². The zero-order valence-electron chi connectivity index (χ0n) is 21.7. The van der Waals surface area contributed by atoms with Gasteiger partial charge in [0, 0.05) is 28.3 Å². The number of benzene rings is 3. The molecule has 5 rings (SSSR count). The number of halogens is 2. The lowest BCUT2D eigenvalue weighted by atomic mass is 9.93. The van der Waals surface area contributed by atoms with Crippen molar-refractivity contribution in [3.8, 4) is 28.3 Å². The molecule has 1 aromatic heterocycles. The quantitative estimate of drug-likeness (QED) is 0.256. The molecule has 6 nitrogen and oxygen atoms in total. The molecule has 196 valence electrons. The van der Waals surface area contributed by atoms with E-state index in [1.807, 2.05) is 38.1 Å². The standard InChI is InChI=1S/C30H29F2N3O3/c1-17-7-5-8-18(2)26(17)24-15-20(11-14-25(24)38-4)28-33-19(3)27(35(28)37)29(36)34-23-10-6-9-22(16-23)30(31,32)21-12-13-21/h5-11,14-16,21,37H,12-13H2,1-4H3,(H,34,36). The molecule has 2 N–H and O–H groups in total. The van der Waals surface area contributed by atoms with Crippen LogP contribution < -0.4 is 10.1 Å². The number of imidazole rings is 1. The van der Waals surface area contributed by atoms with Crippen molar-refractivity contribution in [2.75, 3.05) is 12.4 Å². The molecule has 4 aromatic rings. The molecule has 1 amide bonds. The highest BCUT2D eigenvalue weighted by Gasteiger charge is 2.48. The van der Waals surface area contributed by atoms with Gasteiger partial charge in [0.05, 0.1) is 12.8 Å². The molecule has 0 saturated heterocycles. The summed E-state index contributed by atoms with van der Waals surface area (Å²) >= 11 is 0. The predicted octanol–water partition coefficient (Wildman–Crippen LogP) is 7.14. The van der Waals surface area contributed by atoms with E-state index < -0.39 is 17.7 Å². The van der Waals surface area contributed by atoms with E-state index in [1.165, 1.54) is 18.2 Å². The summed E-state index contributed by atoms with van der Waals surface area (Å²) in [6, 6.07) is 17.1. The molecule has 1 saturated carbocycles. The number of aromatic nitrogens is 2. The van der Waals surface area contributed by atoms with Gasteiger partial charge in [-0.3, -0.25) is 4.79 Å². The van der Waals surface area contributed by atoms with E-state index in [0.717, 1.165) is 27.0 Å². The van der Waals surface area contributed by atoms with Gasteiger partial charge in [-0.1, -0.05) is 30.3 Å². The monoisotopic (exact) mass is 517 g/mol. The zero-order chi connectivity index (χ0) is 27.2. The molecule has 8 heteroatoms. The molecular formula is C30H29F2N3O3. The fraction of sp³-hybridized carbons (Fsp3) is 0.267. The van der Waals surface area contributed by atoms with Crippen LogP contribution >= 0.6 is 0 Å². The van der Waals surface area contributed by atoms with E-state index in [4.69, 9.17) is 4.74 Å².